The van der Waals surface area contributed by atoms with Crippen LogP contribution in [0.2, 0.25) is 0 Å². The molecule has 0 atom stereocenters. The minimum absolute atomic E-state index is 0.148. The summed E-state index contributed by atoms with van der Waals surface area (Å²) in [6.45, 7) is 4.71. The van der Waals surface area contributed by atoms with Gasteiger partial charge in [-0.05, 0) is 25.9 Å². The first-order valence-corrected chi connectivity index (χ1v) is 5.65. The van der Waals surface area contributed by atoms with E-state index >= 15 is 0 Å². The molecule has 0 unspecified atom stereocenters. The first-order valence-electron chi connectivity index (χ1n) is 5.65. The Balaban J connectivity index is 2.17. The SMILES string of the molecule is NCCN(CCN1CCCC1)CC(F)F. The van der Waals surface area contributed by atoms with E-state index in [9.17, 15) is 8.78 Å². The zero-order chi connectivity index (χ0) is 11.1. The van der Waals surface area contributed by atoms with Gasteiger partial charge in [-0.15, -0.1) is 0 Å². The zero-order valence-corrected chi connectivity index (χ0v) is 9.17. The lowest BCUT2D eigenvalue weighted by Crippen LogP contribution is -2.39. The predicted octanol–water partition coefficient (Wildman–Crippen LogP) is 0.608. The van der Waals surface area contributed by atoms with E-state index in [0.29, 0.717) is 19.6 Å². The van der Waals surface area contributed by atoms with E-state index in [-0.39, 0.29) is 6.54 Å². The minimum Gasteiger partial charge on any atom is -0.329 e. The van der Waals surface area contributed by atoms with E-state index in [4.69, 9.17) is 5.73 Å². The lowest BCUT2D eigenvalue weighted by atomic mass is 10.4. The molecule has 3 nitrogen and oxygen atoms in total. The molecular weight excluding hydrogens is 200 g/mol. The third-order valence-electron chi connectivity index (χ3n) is 2.77. The zero-order valence-electron chi connectivity index (χ0n) is 9.17. The summed E-state index contributed by atoms with van der Waals surface area (Å²) < 4.78 is 24.4. The average Bonchev–Trinajstić information content (AvgIpc) is 2.66. The minimum atomic E-state index is -2.25. The summed E-state index contributed by atoms with van der Waals surface area (Å²) in [6, 6.07) is 0. The molecule has 0 aromatic rings. The summed E-state index contributed by atoms with van der Waals surface area (Å²) in [7, 11) is 0. The highest BCUT2D eigenvalue weighted by Gasteiger charge is 2.15. The fourth-order valence-electron chi connectivity index (χ4n) is 1.96. The monoisotopic (exact) mass is 221 g/mol. The highest BCUT2D eigenvalue weighted by atomic mass is 19.3. The molecule has 1 aliphatic rings. The van der Waals surface area contributed by atoms with Crippen LogP contribution < -0.4 is 5.73 Å². The van der Waals surface area contributed by atoms with Gasteiger partial charge in [0.25, 0.3) is 6.43 Å². The lowest BCUT2D eigenvalue weighted by Gasteiger charge is -2.24. The summed E-state index contributed by atoms with van der Waals surface area (Å²) in [5.41, 5.74) is 5.39. The quantitative estimate of drug-likeness (QED) is 0.683. The van der Waals surface area contributed by atoms with Crippen molar-refractivity contribution in [2.75, 3.05) is 45.8 Å². The van der Waals surface area contributed by atoms with E-state index in [1.807, 2.05) is 0 Å². The highest BCUT2D eigenvalue weighted by molar-refractivity contribution is 4.69. The molecule has 0 spiro atoms. The maximum Gasteiger partial charge on any atom is 0.251 e. The molecule has 0 bridgehead atoms. The van der Waals surface area contributed by atoms with Crippen LogP contribution in [0.5, 0.6) is 0 Å². The topological polar surface area (TPSA) is 32.5 Å². The third kappa shape index (κ3) is 5.39. The maximum absolute atomic E-state index is 12.2. The summed E-state index contributed by atoms with van der Waals surface area (Å²) >= 11 is 0. The van der Waals surface area contributed by atoms with Gasteiger partial charge >= 0.3 is 0 Å². The number of alkyl halides is 2. The van der Waals surface area contributed by atoms with Crippen molar-refractivity contribution in [2.45, 2.75) is 19.3 Å². The van der Waals surface area contributed by atoms with Crippen LogP contribution in [0.1, 0.15) is 12.8 Å². The van der Waals surface area contributed by atoms with E-state index in [2.05, 4.69) is 4.90 Å². The van der Waals surface area contributed by atoms with Gasteiger partial charge in [0.2, 0.25) is 0 Å². The molecule has 15 heavy (non-hydrogen) atoms. The van der Waals surface area contributed by atoms with Crippen molar-refractivity contribution in [3.63, 3.8) is 0 Å². The van der Waals surface area contributed by atoms with Crippen LogP contribution in [0.25, 0.3) is 0 Å². The third-order valence-corrected chi connectivity index (χ3v) is 2.77. The van der Waals surface area contributed by atoms with Gasteiger partial charge in [-0.3, -0.25) is 4.90 Å². The van der Waals surface area contributed by atoms with Crippen LogP contribution in [0.15, 0.2) is 0 Å². The summed E-state index contributed by atoms with van der Waals surface area (Å²) in [5.74, 6) is 0. The van der Waals surface area contributed by atoms with Gasteiger partial charge in [0, 0.05) is 26.2 Å². The molecule has 0 saturated carbocycles. The first-order chi connectivity index (χ1) is 7.22. The molecule has 0 radical (unpaired) electrons. The van der Waals surface area contributed by atoms with Crippen molar-refractivity contribution < 1.29 is 8.78 Å². The standard InChI is InChI=1S/C10H21F2N3/c11-10(12)9-15(6-3-13)8-7-14-4-1-2-5-14/h10H,1-9,13H2. The highest BCUT2D eigenvalue weighted by Crippen LogP contribution is 2.07. The Bertz CT molecular complexity index is 161. The van der Waals surface area contributed by atoms with Crippen LogP contribution in [0, 0.1) is 0 Å². The number of hydrogen-bond acceptors (Lipinski definition) is 3. The molecule has 1 aliphatic heterocycles. The van der Waals surface area contributed by atoms with Crippen molar-refractivity contribution in [3.8, 4) is 0 Å². The number of hydrogen-bond donors (Lipinski definition) is 1. The fourth-order valence-corrected chi connectivity index (χ4v) is 1.96. The smallest absolute Gasteiger partial charge is 0.251 e. The van der Waals surface area contributed by atoms with Crippen LogP contribution in [-0.4, -0.2) is 62.0 Å². The van der Waals surface area contributed by atoms with Crippen molar-refractivity contribution >= 4 is 0 Å². The van der Waals surface area contributed by atoms with Crippen LogP contribution in [0.4, 0.5) is 8.78 Å². The molecule has 2 N–H and O–H groups in total. The van der Waals surface area contributed by atoms with Crippen molar-refractivity contribution in [1.29, 1.82) is 0 Å². The van der Waals surface area contributed by atoms with Crippen LogP contribution in [-0.2, 0) is 0 Å². The molecule has 0 aromatic heterocycles. The molecule has 1 rings (SSSR count). The molecule has 0 aromatic carbocycles. The summed E-state index contributed by atoms with van der Waals surface area (Å²) in [4.78, 5) is 4.08. The molecule has 0 amide bonds. The fraction of sp³-hybridized carbons (Fsp3) is 1.00. The van der Waals surface area contributed by atoms with Gasteiger partial charge in [0.1, 0.15) is 0 Å². The first kappa shape index (κ1) is 12.8. The number of rotatable bonds is 7. The van der Waals surface area contributed by atoms with E-state index in [1.54, 1.807) is 4.90 Å². The van der Waals surface area contributed by atoms with Gasteiger partial charge in [0.05, 0.1) is 6.54 Å². The average molecular weight is 221 g/mol. The Morgan fingerprint density at radius 1 is 1.20 bits per heavy atom. The lowest BCUT2D eigenvalue weighted by molar-refractivity contribution is 0.0849. The summed E-state index contributed by atoms with van der Waals surface area (Å²) in [6.07, 6.45) is 0.229. The Kier molecular flexibility index (Phi) is 6.05. The van der Waals surface area contributed by atoms with E-state index < -0.39 is 6.43 Å². The second-order valence-corrected chi connectivity index (χ2v) is 4.03. The Labute approximate surface area is 90.2 Å². The predicted molar refractivity (Wildman–Crippen MR) is 57.2 cm³/mol. The van der Waals surface area contributed by atoms with Gasteiger partial charge in [0.15, 0.2) is 0 Å². The van der Waals surface area contributed by atoms with Gasteiger partial charge in [-0.1, -0.05) is 0 Å². The van der Waals surface area contributed by atoms with Crippen molar-refractivity contribution in [3.05, 3.63) is 0 Å². The Morgan fingerprint density at radius 3 is 2.40 bits per heavy atom. The normalized spacial score (nSPS) is 18.2. The van der Waals surface area contributed by atoms with Crippen molar-refractivity contribution in [2.24, 2.45) is 5.73 Å². The molecule has 1 saturated heterocycles. The van der Waals surface area contributed by atoms with Gasteiger partial charge in [-0.25, -0.2) is 8.78 Å². The molecule has 1 heterocycles. The second-order valence-electron chi connectivity index (χ2n) is 4.03. The maximum atomic E-state index is 12.2. The van der Waals surface area contributed by atoms with Crippen LogP contribution >= 0.6 is 0 Å². The Hall–Kier alpha value is -0.260. The number of halogens is 2. The van der Waals surface area contributed by atoms with Crippen LogP contribution in [0.3, 0.4) is 0 Å². The van der Waals surface area contributed by atoms with Gasteiger partial charge < -0.3 is 10.6 Å². The largest absolute Gasteiger partial charge is 0.329 e. The molecule has 1 fully saturated rings. The number of nitrogens with two attached hydrogens (primary N) is 1. The van der Waals surface area contributed by atoms with E-state index in [1.165, 1.54) is 12.8 Å². The molecule has 5 heteroatoms. The van der Waals surface area contributed by atoms with Gasteiger partial charge in [-0.2, -0.15) is 0 Å². The number of nitrogens with zero attached hydrogens (tertiary/aromatic N) is 2. The molecule has 0 aliphatic carbocycles. The van der Waals surface area contributed by atoms with Crippen molar-refractivity contribution in [1.82, 2.24) is 9.80 Å². The number of likely N-dealkylation sites (tertiary alicyclic amines) is 1. The summed E-state index contributed by atoms with van der Waals surface area (Å²) in [5, 5.41) is 0. The molecular formula is C10H21F2N3. The second kappa shape index (κ2) is 7.09. The van der Waals surface area contributed by atoms with E-state index in [0.717, 1.165) is 19.6 Å². The molecule has 90 valence electrons. The Morgan fingerprint density at radius 2 is 1.87 bits per heavy atom.